The monoisotopic (exact) mass is 291 g/mol. The SMILES string of the molecule is Oc1cc(Cl)c(CC2NCCC3=C2CCC=C3)cc1O. The van der Waals surface area contributed by atoms with Gasteiger partial charge in [0.05, 0.1) is 0 Å². The van der Waals surface area contributed by atoms with Crippen LogP contribution >= 0.6 is 11.6 Å². The van der Waals surface area contributed by atoms with E-state index in [1.807, 2.05) is 0 Å². The standard InChI is InChI=1S/C16H18ClNO2/c17-13-9-16(20)15(19)8-11(13)7-14-12-4-2-1-3-10(12)5-6-18-14/h1,3,8-9,14,18-20H,2,4-7H2. The van der Waals surface area contributed by atoms with Gasteiger partial charge in [0.15, 0.2) is 11.5 Å². The van der Waals surface area contributed by atoms with Crippen molar-refractivity contribution >= 4 is 11.6 Å². The minimum atomic E-state index is -0.171. The second-order valence-electron chi connectivity index (χ2n) is 5.38. The lowest BCUT2D eigenvalue weighted by atomic mass is 9.85. The van der Waals surface area contributed by atoms with Gasteiger partial charge in [0, 0.05) is 17.1 Å². The molecule has 106 valence electrons. The van der Waals surface area contributed by atoms with Crippen LogP contribution in [0.4, 0.5) is 0 Å². The number of aromatic hydroxyl groups is 2. The summed E-state index contributed by atoms with van der Waals surface area (Å²) in [4.78, 5) is 0. The van der Waals surface area contributed by atoms with E-state index in [1.165, 1.54) is 17.2 Å². The van der Waals surface area contributed by atoms with Gasteiger partial charge in [0.2, 0.25) is 0 Å². The molecule has 3 N–H and O–H groups in total. The molecular weight excluding hydrogens is 274 g/mol. The third-order valence-electron chi connectivity index (χ3n) is 4.09. The van der Waals surface area contributed by atoms with Crippen molar-refractivity contribution in [2.24, 2.45) is 0 Å². The summed E-state index contributed by atoms with van der Waals surface area (Å²) in [6.07, 6.45) is 8.47. The Labute approximate surface area is 123 Å². The molecule has 1 aliphatic heterocycles. The normalized spacial score (nSPS) is 21.9. The lowest BCUT2D eigenvalue weighted by Crippen LogP contribution is -2.38. The van der Waals surface area contributed by atoms with Crippen LogP contribution in [0.1, 0.15) is 24.8 Å². The first-order chi connectivity index (χ1) is 9.65. The van der Waals surface area contributed by atoms with Crippen molar-refractivity contribution in [1.82, 2.24) is 5.32 Å². The second kappa shape index (κ2) is 5.51. The van der Waals surface area contributed by atoms with Crippen LogP contribution in [0, 0.1) is 0 Å². The third-order valence-corrected chi connectivity index (χ3v) is 4.44. The van der Waals surface area contributed by atoms with Crippen LogP contribution < -0.4 is 5.32 Å². The van der Waals surface area contributed by atoms with Gasteiger partial charge in [-0.05, 0) is 55.0 Å². The summed E-state index contributed by atoms with van der Waals surface area (Å²) in [5.41, 5.74) is 3.77. The second-order valence-corrected chi connectivity index (χ2v) is 5.79. The molecule has 0 fully saturated rings. The van der Waals surface area contributed by atoms with Crippen LogP contribution in [0.25, 0.3) is 0 Å². The molecule has 0 amide bonds. The maximum absolute atomic E-state index is 9.63. The van der Waals surface area contributed by atoms with E-state index in [9.17, 15) is 10.2 Å². The zero-order chi connectivity index (χ0) is 14.1. The molecule has 1 aromatic carbocycles. The summed E-state index contributed by atoms with van der Waals surface area (Å²) in [7, 11) is 0. The van der Waals surface area contributed by atoms with Crippen molar-refractivity contribution in [3.8, 4) is 11.5 Å². The minimum Gasteiger partial charge on any atom is -0.504 e. The molecule has 1 heterocycles. The van der Waals surface area contributed by atoms with Crippen LogP contribution in [0.15, 0.2) is 35.4 Å². The molecule has 0 saturated carbocycles. The number of phenolic OH excluding ortho intramolecular Hbond substituents is 2. The Bertz CT molecular complexity index is 592. The Kier molecular flexibility index (Phi) is 3.72. The van der Waals surface area contributed by atoms with Gasteiger partial charge in [-0.1, -0.05) is 23.8 Å². The van der Waals surface area contributed by atoms with Gasteiger partial charge in [-0.25, -0.2) is 0 Å². The van der Waals surface area contributed by atoms with Crippen LogP contribution in [0.2, 0.25) is 5.02 Å². The molecule has 1 aliphatic carbocycles. The average molecular weight is 292 g/mol. The Balaban J connectivity index is 1.87. The number of phenols is 2. The van der Waals surface area contributed by atoms with E-state index in [4.69, 9.17) is 11.6 Å². The fourth-order valence-electron chi connectivity index (χ4n) is 3.04. The molecule has 20 heavy (non-hydrogen) atoms. The summed E-state index contributed by atoms with van der Waals surface area (Å²) in [6, 6.07) is 3.24. The van der Waals surface area contributed by atoms with Gasteiger partial charge in [-0.3, -0.25) is 0 Å². The van der Waals surface area contributed by atoms with Crippen LogP contribution in [-0.4, -0.2) is 22.8 Å². The summed E-state index contributed by atoms with van der Waals surface area (Å²) in [5.74, 6) is -0.284. The maximum atomic E-state index is 9.63. The van der Waals surface area contributed by atoms with Crippen molar-refractivity contribution in [2.75, 3.05) is 6.54 Å². The van der Waals surface area contributed by atoms with Gasteiger partial charge in [-0.15, -0.1) is 0 Å². The zero-order valence-electron chi connectivity index (χ0n) is 11.2. The predicted octanol–water partition coefficient (Wildman–Crippen LogP) is 3.30. The quantitative estimate of drug-likeness (QED) is 0.733. The van der Waals surface area contributed by atoms with Gasteiger partial charge < -0.3 is 15.5 Å². The van der Waals surface area contributed by atoms with E-state index in [2.05, 4.69) is 17.5 Å². The Morgan fingerprint density at radius 1 is 1.20 bits per heavy atom. The van der Waals surface area contributed by atoms with Crippen molar-refractivity contribution < 1.29 is 10.2 Å². The Morgan fingerprint density at radius 2 is 2.00 bits per heavy atom. The summed E-state index contributed by atoms with van der Waals surface area (Å²) in [5, 5.41) is 23.1. The minimum absolute atomic E-state index is 0.113. The van der Waals surface area contributed by atoms with E-state index >= 15 is 0 Å². The summed E-state index contributed by atoms with van der Waals surface area (Å²) >= 11 is 6.17. The first-order valence-corrected chi connectivity index (χ1v) is 7.35. The van der Waals surface area contributed by atoms with E-state index in [1.54, 1.807) is 6.07 Å². The first kappa shape index (κ1) is 13.5. The highest BCUT2D eigenvalue weighted by Gasteiger charge is 2.23. The number of halogens is 1. The molecule has 2 aliphatic rings. The van der Waals surface area contributed by atoms with Crippen LogP contribution in [-0.2, 0) is 6.42 Å². The predicted molar refractivity (Wildman–Crippen MR) is 80.3 cm³/mol. The lowest BCUT2D eigenvalue weighted by Gasteiger charge is -2.31. The maximum Gasteiger partial charge on any atom is 0.158 e. The summed E-state index contributed by atoms with van der Waals surface area (Å²) in [6.45, 7) is 0.968. The molecule has 4 heteroatoms. The van der Waals surface area contributed by atoms with Gasteiger partial charge in [-0.2, -0.15) is 0 Å². The van der Waals surface area contributed by atoms with Crippen molar-refractivity contribution in [3.63, 3.8) is 0 Å². The molecule has 0 saturated heterocycles. The van der Waals surface area contributed by atoms with Crippen LogP contribution in [0.5, 0.6) is 11.5 Å². The third kappa shape index (κ3) is 2.56. The van der Waals surface area contributed by atoms with Crippen molar-refractivity contribution in [1.29, 1.82) is 0 Å². The fraction of sp³-hybridized carbons (Fsp3) is 0.375. The largest absolute Gasteiger partial charge is 0.504 e. The zero-order valence-corrected chi connectivity index (χ0v) is 12.0. The number of nitrogens with one attached hydrogen (secondary N) is 1. The number of hydrogen-bond donors (Lipinski definition) is 3. The molecule has 1 aromatic rings. The molecule has 0 aromatic heterocycles. The topological polar surface area (TPSA) is 52.5 Å². The van der Waals surface area contributed by atoms with Gasteiger partial charge in [0.25, 0.3) is 0 Å². The Hall–Kier alpha value is -1.45. The number of hydrogen-bond acceptors (Lipinski definition) is 3. The lowest BCUT2D eigenvalue weighted by molar-refractivity contribution is 0.402. The van der Waals surface area contributed by atoms with Crippen LogP contribution in [0.3, 0.4) is 0 Å². The molecule has 0 spiro atoms. The first-order valence-electron chi connectivity index (χ1n) is 6.97. The van der Waals surface area contributed by atoms with E-state index in [0.29, 0.717) is 5.02 Å². The van der Waals surface area contributed by atoms with Crippen molar-refractivity contribution in [3.05, 3.63) is 46.0 Å². The fourth-order valence-corrected chi connectivity index (χ4v) is 3.28. The number of allylic oxidation sites excluding steroid dienone is 2. The van der Waals surface area contributed by atoms with E-state index in [-0.39, 0.29) is 17.5 Å². The summed E-state index contributed by atoms with van der Waals surface area (Å²) < 4.78 is 0. The van der Waals surface area contributed by atoms with Gasteiger partial charge in [0.1, 0.15) is 0 Å². The molecule has 1 atom stereocenters. The number of benzene rings is 1. The molecule has 1 unspecified atom stereocenters. The number of rotatable bonds is 2. The highest BCUT2D eigenvalue weighted by atomic mass is 35.5. The molecule has 3 nitrogen and oxygen atoms in total. The smallest absolute Gasteiger partial charge is 0.158 e. The van der Waals surface area contributed by atoms with E-state index in [0.717, 1.165) is 37.8 Å². The van der Waals surface area contributed by atoms with Gasteiger partial charge >= 0.3 is 0 Å². The van der Waals surface area contributed by atoms with E-state index < -0.39 is 0 Å². The average Bonchev–Trinajstić information content (AvgIpc) is 2.45. The molecule has 0 bridgehead atoms. The molecular formula is C16H18ClNO2. The molecule has 0 radical (unpaired) electrons. The highest BCUT2D eigenvalue weighted by molar-refractivity contribution is 6.31. The molecule has 3 rings (SSSR count). The van der Waals surface area contributed by atoms with Crippen molar-refractivity contribution in [2.45, 2.75) is 31.7 Å². The highest BCUT2D eigenvalue weighted by Crippen LogP contribution is 2.34. The Morgan fingerprint density at radius 3 is 2.85 bits per heavy atom.